The number of carbonyl (C=O) groups is 2. The molecular weight excluding hydrogens is 222 g/mol. The number of carbonyl (C=O) groups excluding carboxylic acids is 2. The zero-order valence-electron chi connectivity index (χ0n) is 8.83. The second-order valence-electron chi connectivity index (χ2n) is 3.69. The summed E-state index contributed by atoms with van der Waals surface area (Å²) < 4.78 is 21.3. The van der Waals surface area contributed by atoms with E-state index in [1.807, 2.05) is 0 Å². The first-order valence-electron chi connectivity index (χ1n) is 4.10. The average molecular weight is 237 g/mol. The number of hydrogen-bond acceptors (Lipinski definition) is 5. The Bertz CT molecular complexity index is 360. The van der Waals surface area contributed by atoms with Crippen LogP contribution in [-0.2, 0) is 19.4 Å². The molecule has 0 aliphatic carbocycles. The summed E-state index contributed by atoms with van der Waals surface area (Å²) in [6.45, 7) is 2.74. The van der Waals surface area contributed by atoms with E-state index in [-0.39, 0.29) is 6.54 Å². The van der Waals surface area contributed by atoms with E-state index in [1.165, 1.54) is 13.8 Å². The maximum absolute atomic E-state index is 11.2. The fourth-order valence-corrected chi connectivity index (χ4v) is 0.904. The molecule has 0 aromatic carbocycles. The molecule has 0 aliphatic rings. The molecule has 0 aromatic heterocycles. The maximum Gasteiger partial charge on any atom is 0.323 e. The molecule has 0 saturated heterocycles. The number of amides is 2. The van der Waals surface area contributed by atoms with Crippen LogP contribution in [0.15, 0.2) is 0 Å². The summed E-state index contributed by atoms with van der Waals surface area (Å²) in [6.07, 6.45) is 1.06. The van der Waals surface area contributed by atoms with Crippen LogP contribution in [0.3, 0.4) is 0 Å². The Morgan fingerprint density at radius 2 is 1.73 bits per heavy atom. The van der Waals surface area contributed by atoms with E-state index in [9.17, 15) is 18.0 Å². The van der Waals surface area contributed by atoms with Gasteiger partial charge in [-0.1, -0.05) is 0 Å². The largest absolute Gasteiger partial charge is 0.346 e. The van der Waals surface area contributed by atoms with E-state index in [1.54, 1.807) is 5.43 Å². The number of hydrogen-bond donors (Lipinski definition) is 3. The van der Waals surface area contributed by atoms with Crippen molar-refractivity contribution in [1.82, 2.24) is 10.7 Å². The third kappa shape index (κ3) is 3.84. The zero-order valence-corrected chi connectivity index (χ0v) is 9.64. The molecule has 4 N–H and O–H groups in total. The van der Waals surface area contributed by atoms with Gasteiger partial charge in [0.1, 0.15) is 0 Å². The van der Waals surface area contributed by atoms with Gasteiger partial charge in [0, 0.05) is 12.8 Å². The molecule has 0 heterocycles. The molecule has 0 unspecified atom stereocenters. The molecule has 0 radical (unpaired) electrons. The summed E-state index contributed by atoms with van der Waals surface area (Å²) in [6, 6.07) is 0. The molecule has 8 heteroatoms. The van der Waals surface area contributed by atoms with Crippen LogP contribution in [-0.4, -0.2) is 37.8 Å². The van der Waals surface area contributed by atoms with Gasteiger partial charge in [-0.25, -0.2) is 14.3 Å². The van der Waals surface area contributed by atoms with Gasteiger partial charge in [-0.05, 0) is 13.8 Å². The lowest BCUT2D eigenvalue weighted by Crippen LogP contribution is -2.49. The Morgan fingerprint density at radius 1 is 1.27 bits per heavy atom. The van der Waals surface area contributed by atoms with Gasteiger partial charge < -0.3 is 5.32 Å². The fraction of sp³-hybridized carbons (Fsp3) is 0.714. The first-order valence-corrected chi connectivity index (χ1v) is 5.99. The van der Waals surface area contributed by atoms with Crippen molar-refractivity contribution in [2.75, 3.05) is 12.8 Å². The summed E-state index contributed by atoms with van der Waals surface area (Å²) in [5.74, 6) is 2.74. The van der Waals surface area contributed by atoms with E-state index in [0.29, 0.717) is 0 Å². The number of rotatable bonds is 3. The molecule has 0 fully saturated rings. The minimum Gasteiger partial charge on any atom is -0.346 e. The van der Waals surface area contributed by atoms with Crippen molar-refractivity contribution in [3.05, 3.63) is 0 Å². The van der Waals surface area contributed by atoms with Crippen molar-refractivity contribution in [2.24, 2.45) is 5.84 Å². The Labute approximate surface area is 88.3 Å². The molecule has 7 nitrogen and oxygen atoms in total. The Balaban J connectivity index is 4.42. The first kappa shape index (κ1) is 13.8. The lowest BCUT2D eigenvalue weighted by atomic mass is 10.2. The average Bonchev–Trinajstić information content (AvgIpc) is 2.11. The van der Waals surface area contributed by atoms with Gasteiger partial charge in [0.25, 0.3) is 0 Å². The van der Waals surface area contributed by atoms with Crippen molar-refractivity contribution in [2.45, 2.75) is 18.6 Å². The third-order valence-electron chi connectivity index (χ3n) is 2.02. The summed E-state index contributed by atoms with van der Waals surface area (Å²) in [4.78, 5) is 21.6. The zero-order chi connectivity index (χ0) is 12.3. The molecule has 15 heavy (non-hydrogen) atoms. The highest BCUT2D eigenvalue weighted by Gasteiger charge is 2.31. The van der Waals surface area contributed by atoms with Crippen LogP contribution in [0, 0.1) is 0 Å². The summed E-state index contributed by atoms with van der Waals surface area (Å²) >= 11 is 0. The van der Waals surface area contributed by atoms with Gasteiger partial charge in [-0.15, -0.1) is 0 Å². The Hall–Kier alpha value is -1.15. The number of sulfone groups is 1. The summed E-state index contributed by atoms with van der Waals surface area (Å²) in [7, 11) is -3.31. The molecule has 0 rings (SSSR count). The minimum absolute atomic E-state index is 0.155. The minimum atomic E-state index is -3.31. The van der Waals surface area contributed by atoms with Crippen LogP contribution in [0.2, 0.25) is 0 Å². The topological polar surface area (TPSA) is 118 Å². The fourth-order valence-electron chi connectivity index (χ4n) is 0.570. The van der Waals surface area contributed by atoms with E-state index in [4.69, 9.17) is 5.84 Å². The predicted molar refractivity (Wildman–Crippen MR) is 54.3 cm³/mol. The van der Waals surface area contributed by atoms with Crippen LogP contribution in [0.4, 0.5) is 0 Å². The second-order valence-corrected chi connectivity index (χ2v) is 6.34. The molecular formula is C7H15N3O4S. The van der Waals surface area contributed by atoms with E-state index in [2.05, 4.69) is 5.32 Å². The highest BCUT2D eigenvalue weighted by molar-refractivity contribution is 7.92. The molecule has 0 bridgehead atoms. The van der Waals surface area contributed by atoms with Gasteiger partial charge in [-0.3, -0.25) is 15.0 Å². The number of nitrogens with one attached hydrogen (secondary N) is 2. The van der Waals surface area contributed by atoms with Gasteiger partial charge >= 0.3 is 11.8 Å². The molecule has 0 aliphatic heterocycles. The van der Waals surface area contributed by atoms with Gasteiger partial charge in [0.2, 0.25) is 0 Å². The van der Waals surface area contributed by atoms with Gasteiger partial charge in [0.15, 0.2) is 9.84 Å². The summed E-state index contributed by atoms with van der Waals surface area (Å²) in [5.41, 5.74) is 1.64. The van der Waals surface area contributed by atoms with Crippen molar-refractivity contribution in [3.8, 4) is 0 Å². The van der Waals surface area contributed by atoms with Crippen molar-refractivity contribution in [3.63, 3.8) is 0 Å². The summed E-state index contributed by atoms with van der Waals surface area (Å²) in [5, 5.41) is 2.17. The lowest BCUT2D eigenvalue weighted by molar-refractivity contribution is -0.139. The van der Waals surface area contributed by atoms with E-state index in [0.717, 1.165) is 6.26 Å². The highest BCUT2D eigenvalue weighted by atomic mass is 32.2. The maximum atomic E-state index is 11.2. The molecule has 0 atom stereocenters. The van der Waals surface area contributed by atoms with Crippen LogP contribution in [0.25, 0.3) is 0 Å². The molecule has 0 aromatic rings. The smallest absolute Gasteiger partial charge is 0.323 e. The van der Waals surface area contributed by atoms with Crippen molar-refractivity contribution < 1.29 is 18.0 Å². The van der Waals surface area contributed by atoms with E-state index >= 15 is 0 Å². The molecule has 88 valence electrons. The van der Waals surface area contributed by atoms with Gasteiger partial charge in [-0.2, -0.15) is 0 Å². The lowest BCUT2D eigenvalue weighted by Gasteiger charge is -2.22. The van der Waals surface area contributed by atoms with E-state index < -0.39 is 26.4 Å². The van der Waals surface area contributed by atoms with Crippen LogP contribution in [0.5, 0.6) is 0 Å². The standard InChI is InChI=1S/C7H15N3O4S/c1-7(2,15(3,13)14)4-9-5(11)6(12)10-8/h4,8H2,1-3H3,(H,9,11)(H,10,12). The number of hydrazine groups is 1. The first-order chi connectivity index (χ1) is 6.62. The Morgan fingerprint density at radius 3 is 2.07 bits per heavy atom. The van der Waals surface area contributed by atoms with Crippen molar-refractivity contribution in [1.29, 1.82) is 0 Å². The number of nitrogens with two attached hydrogens (primary N) is 1. The van der Waals surface area contributed by atoms with Crippen LogP contribution < -0.4 is 16.6 Å². The normalized spacial score (nSPS) is 12.0. The van der Waals surface area contributed by atoms with Crippen LogP contribution >= 0.6 is 0 Å². The quantitative estimate of drug-likeness (QED) is 0.225. The SMILES string of the molecule is CC(C)(CNC(=O)C(=O)NN)S(C)(=O)=O. The second kappa shape index (κ2) is 4.58. The molecule has 0 saturated carbocycles. The third-order valence-corrected chi connectivity index (χ3v) is 4.17. The van der Waals surface area contributed by atoms with Crippen LogP contribution in [0.1, 0.15) is 13.8 Å². The molecule has 2 amide bonds. The Kier molecular flexibility index (Phi) is 4.23. The van der Waals surface area contributed by atoms with Crippen molar-refractivity contribution >= 4 is 21.7 Å². The highest BCUT2D eigenvalue weighted by Crippen LogP contribution is 2.12. The molecule has 0 spiro atoms. The predicted octanol–water partition coefficient (Wildman–Crippen LogP) is -2.08. The van der Waals surface area contributed by atoms with Gasteiger partial charge in [0.05, 0.1) is 4.75 Å². The monoisotopic (exact) mass is 237 g/mol.